The SMILES string of the molecule is Cc1c(Cl)cccc1/C(N)=C(\N)NC(N)=NCC(O)CN. The van der Waals surface area contributed by atoms with Gasteiger partial charge in [-0.1, -0.05) is 23.7 Å². The second kappa shape index (κ2) is 7.72. The highest BCUT2D eigenvalue weighted by Crippen LogP contribution is 2.22. The number of aliphatic imine (C=N–C) groups is 1. The van der Waals surface area contributed by atoms with Gasteiger partial charge in [0.05, 0.1) is 18.3 Å². The van der Waals surface area contributed by atoms with Gasteiger partial charge in [0.15, 0.2) is 5.96 Å². The summed E-state index contributed by atoms with van der Waals surface area (Å²) in [6.07, 6.45) is -0.747. The van der Waals surface area contributed by atoms with E-state index >= 15 is 0 Å². The lowest BCUT2D eigenvalue weighted by Crippen LogP contribution is -2.37. The molecule has 0 aliphatic heterocycles. The predicted molar refractivity (Wildman–Crippen MR) is 86.2 cm³/mol. The summed E-state index contributed by atoms with van der Waals surface area (Å²) >= 11 is 6.04. The number of hydrogen-bond acceptors (Lipinski definition) is 5. The van der Waals surface area contributed by atoms with Crippen LogP contribution < -0.4 is 28.3 Å². The quantitative estimate of drug-likeness (QED) is 0.316. The van der Waals surface area contributed by atoms with Gasteiger partial charge < -0.3 is 33.4 Å². The van der Waals surface area contributed by atoms with Crippen LogP contribution in [-0.4, -0.2) is 30.3 Å². The van der Waals surface area contributed by atoms with Crippen LogP contribution in [-0.2, 0) is 0 Å². The number of guanidine groups is 1. The Morgan fingerprint density at radius 1 is 1.38 bits per heavy atom. The van der Waals surface area contributed by atoms with Crippen molar-refractivity contribution in [2.75, 3.05) is 13.1 Å². The van der Waals surface area contributed by atoms with E-state index in [2.05, 4.69) is 10.3 Å². The molecule has 1 atom stereocenters. The van der Waals surface area contributed by atoms with Crippen LogP contribution in [0.2, 0.25) is 5.02 Å². The number of nitrogens with zero attached hydrogens (tertiary/aromatic N) is 1. The zero-order valence-corrected chi connectivity index (χ0v) is 12.6. The molecule has 0 aromatic heterocycles. The summed E-state index contributed by atoms with van der Waals surface area (Å²) in [5.74, 6) is 0.200. The maximum atomic E-state index is 9.30. The number of aliphatic hydroxyl groups excluding tert-OH is 1. The van der Waals surface area contributed by atoms with Gasteiger partial charge in [-0.2, -0.15) is 0 Å². The molecule has 0 aliphatic carbocycles. The molecular weight excluding hydrogens is 292 g/mol. The van der Waals surface area contributed by atoms with Crippen LogP contribution in [0.3, 0.4) is 0 Å². The van der Waals surface area contributed by atoms with Crippen LogP contribution in [0.5, 0.6) is 0 Å². The van der Waals surface area contributed by atoms with E-state index in [0.717, 1.165) is 5.56 Å². The Hall–Kier alpha value is -1.96. The number of nitrogens with two attached hydrogens (primary N) is 4. The molecule has 0 spiro atoms. The van der Waals surface area contributed by atoms with E-state index < -0.39 is 6.10 Å². The Morgan fingerprint density at radius 2 is 2.05 bits per heavy atom. The van der Waals surface area contributed by atoms with Crippen molar-refractivity contribution in [3.63, 3.8) is 0 Å². The molecule has 0 heterocycles. The summed E-state index contributed by atoms with van der Waals surface area (Å²) in [6.45, 7) is 2.03. The number of aliphatic hydroxyl groups is 1. The van der Waals surface area contributed by atoms with E-state index in [9.17, 15) is 5.11 Å². The van der Waals surface area contributed by atoms with E-state index in [1.165, 1.54) is 0 Å². The van der Waals surface area contributed by atoms with Crippen LogP contribution in [0, 0.1) is 6.92 Å². The van der Waals surface area contributed by atoms with Crippen LogP contribution >= 0.6 is 11.6 Å². The molecule has 1 rings (SSSR count). The van der Waals surface area contributed by atoms with Crippen molar-refractivity contribution < 1.29 is 5.11 Å². The molecule has 0 saturated heterocycles. The molecule has 8 heteroatoms. The minimum atomic E-state index is -0.747. The topological polar surface area (TPSA) is 149 Å². The van der Waals surface area contributed by atoms with Gasteiger partial charge in [0.2, 0.25) is 0 Å². The third-order valence-corrected chi connectivity index (χ3v) is 3.26. The van der Waals surface area contributed by atoms with Gasteiger partial charge in [-0.25, -0.2) is 0 Å². The monoisotopic (exact) mass is 312 g/mol. The first-order valence-electron chi connectivity index (χ1n) is 6.32. The lowest BCUT2D eigenvalue weighted by atomic mass is 10.1. The third kappa shape index (κ3) is 4.82. The zero-order chi connectivity index (χ0) is 16.0. The highest BCUT2D eigenvalue weighted by Gasteiger charge is 2.09. The predicted octanol–water partition coefficient (Wildman–Crippen LogP) is -0.584. The van der Waals surface area contributed by atoms with Crippen molar-refractivity contribution in [1.82, 2.24) is 5.32 Å². The van der Waals surface area contributed by atoms with Crippen molar-refractivity contribution in [3.8, 4) is 0 Å². The molecule has 1 aromatic rings. The van der Waals surface area contributed by atoms with Crippen molar-refractivity contribution in [2.24, 2.45) is 27.9 Å². The van der Waals surface area contributed by atoms with Gasteiger partial charge in [-0.05, 0) is 18.6 Å². The standard InChI is InChI=1S/C13H21ClN6O/c1-7-9(3-2-4-10(7)14)11(16)12(17)20-13(18)19-6-8(21)5-15/h2-4,8,21H,5-6,15-17H2,1H3,(H3,18,19,20)/b12-11-. The van der Waals surface area contributed by atoms with E-state index in [1.807, 2.05) is 6.92 Å². The first-order chi connectivity index (χ1) is 9.86. The maximum absolute atomic E-state index is 9.30. The average Bonchev–Trinajstić information content (AvgIpc) is 2.46. The van der Waals surface area contributed by atoms with Crippen LogP contribution in [0.25, 0.3) is 5.70 Å². The molecule has 10 N–H and O–H groups in total. The highest BCUT2D eigenvalue weighted by atomic mass is 35.5. The second-order valence-electron chi connectivity index (χ2n) is 4.48. The van der Waals surface area contributed by atoms with Gasteiger partial charge in [0.25, 0.3) is 0 Å². The van der Waals surface area contributed by atoms with Gasteiger partial charge in [-0.3, -0.25) is 4.99 Å². The Balaban J connectivity index is 2.89. The lowest BCUT2D eigenvalue weighted by molar-refractivity contribution is 0.192. The van der Waals surface area contributed by atoms with Crippen molar-refractivity contribution in [3.05, 3.63) is 40.2 Å². The fourth-order valence-electron chi connectivity index (χ4n) is 1.57. The average molecular weight is 313 g/mol. The number of rotatable bonds is 5. The van der Waals surface area contributed by atoms with Crippen molar-refractivity contribution >= 4 is 23.3 Å². The van der Waals surface area contributed by atoms with Crippen LogP contribution in [0.15, 0.2) is 29.0 Å². The number of nitrogens with one attached hydrogen (secondary N) is 1. The molecule has 0 fully saturated rings. The molecule has 1 unspecified atom stereocenters. The maximum Gasteiger partial charge on any atom is 0.194 e. The fraction of sp³-hybridized carbons (Fsp3) is 0.308. The number of halogens is 1. The molecule has 0 radical (unpaired) electrons. The highest BCUT2D eigenvalue weighted by molar-refractivity contribution is 6.31. The van der Waals surface area contributed by atoms with Crippen LogP contribution in [0.1, 0.15) is 11.1 Å². The summed E-state index contributed by atoms with van der Waals surface area (Å²) in [7, 11) is 0. The second-order valence-corrected chi connectivity index (χ2v) is 4.89. The van der Waals surface area contributed by atoms with E-state index in [1.54, 1.807) is 18.2 Å². The lowest BCUT2D eigenvalue weighted by Gasteiger charge is -2.13. The minimum Gasteiger partial charge on any atom is -0.395 e. The van der Waals surface area contributed by atoms with Crippen molar-refractivity contribution in [1.29, 1.82) is 0 Å². The molecule has 0 bridgehead atoms. The molecule has 0 aliphatic rings. The van der Waals surface area contributed by atoms with Gasteiger partial charge >= 0.3 is 0 Å². The molecule has 1 aromatic carbocycles. The Bertz CT molecular complexity index is 558. The largest absolute Gasteiger partial charge is 0.395 e. The Kier molecular flexibility index (Phi) is 6.29. The van der Waals surface area contributed by atoms with E-state index in [4.69, 9.17) is 34.5 Å². The summed E-state index contributed by atoms with van der Waals surface area (Å²) < 4.78 is 0. The normalized spacial score (nSPS) is 14.6. The van der Waals surface area contributed by atoms with Crippen LogP contribution in [0.4, 0.5) is 0 Å². The fourth-order valence-corrected chi connectivity index (χ4v) is 1.74. The summed E-state index contributed by atoms with van der Waals surface area (Å²) in [5.41, 5.74) is 24.6. The smallest absolute Gasteiger partial charge is 0.194 e. The molecule has 7 nitrogen and oxygen atoms in total. The molecule has 0 amide bonds. The van der Waals surface area contributed by atoms with E-state index in [-0.39, 0.29) is 24.9 Å². The third-order valence-electron chi connectivity index (χ3n) is 2.86. The Labute approximate surface area is 128 Å². The van der Waals surface area contributed by atoms with E-state index in [0.29, 0.717) is 16.3 Å². The molecular formula is C13H21ClN6O. The first kappa shape index (κ1) is 17.1. The zero-order valence-electron chi connectivity index (χ0n) is 11.8. The van der Waals surface area contributed by atoms with Crippen molar-refractivity contribution in [2.45, 2.75) is 13.0 Å². The number of benzene rings is 1. The van der Waals surface area contributed by atoms with Gasteiger partial charge in [-0.15, -0.1) is 0 Å². The Morgan fingerprint density at radius 3 is 2.67 bits per heavy atom. The van der Waals surface area contributed by atoms with Gasteiger partial charge in [0.1, 0.15) is 5.82 Å². The first-order valence-corrected chi connectivity index (χ1v) is 6.70. The summed E-state index contributed by atoms with van der Waals surface area (Å²) in [4.78, 5) is 3.91. The number of hydrogen-bond donors (Lipinski definition) is 6. The minimum absolute atomic E-state index is 0.0441. The molecule has 0 saturated carbocycles. The summed E-state index contributed by atoms with van der Waals surface area (Å²) in [6, 6.07) is 5.35. The van der Waals surface area contributed by atoms with Gasteiger partial charge in [0, 0.05) is 17.1 Å². The molecule has 21 heavy (non-hydrogen) atoms. The summed E-state index contributed by atoms with van der Waals surface area (Å²) in [5, 5.41) is 12.6. The molecule has 116 valence electrons.